The number of benzene rings is 1. The molecule has 106 valence electrons. The van der Waals surface area contributed by atoms with E-state index < -0.39 is 4.92 Å². The summed E-state index contributed by atoms with van der Waals surface area (Å²) in [5.74, 6) is 0. The molecule has 0 aliphatic heterocycles. The first-order chi connectivity index (χ1) is 10.2. The molecule has 0 unspecified atom stereocenters. The molecule has 1 aromatic carbocycles. The van der Waals surface area contributed by atoms with Gasteiger partial charge in [-0.25, -0.2) is 0 Å². The highest BCUT2D eigenvalue weighted by molar-refractivity contribution is 8.01. The first kappa shape index (κ1) is 13.7. The topological polar surface area (TPSA) is 93.8 Å². The van der Waals surface area contributed by atoms with Crippen LogP contribution in [0, 0.1) is 10.1 Å². The average molecular weight is 319 g/mol. The van der Waals surface area contributed by atoms with Gasteiger partial charge in [0.05, 0.1) is 10.3 Å². The summed E-state index contributed by atoms with van der Waals surface area (Å²) in [6.07, 6.45) is 3.13. The maximum Gasteiger partial charge on any atom is 0.278 e. The van der Waals surface area contributed by atoms with Gasteiger partial charge in [-0.05, 0) is 12.1 Å². The van der Waals surface area contributed by atoms with E-state index >= 15 is 0 Å². The quantitative estimate of drug-likeness (QED) is 0.583. The summed E-state index contributed by atoms with van der Waals surface area (Å²) in [6.45, 7) is 0. The van der Waals surface area contributed by atoms with Crippen molar-refractivity contribution in [2.45, 2.75) is 9.24 Å². The minimum Gasteiger partial charge on any atom is -0.363 e. The zero-order valence-corrected chi connectivity index (χ0v) is 12.4. The third-order valence-corrected chi connectivity index (χ3v) is 4.84. The van der Waals surface area contributed by atoms with Crippen LogP contribution in [0.1, 0.15) is 0 Å². The molecule has 9 heteroatoms. The van der Waals surface area contributed by atoms with Crippen LogP contribution in [0.3, 0.4) is 0 Å². The first-order valence-corrected chi connectivity index (χ1v) is 7.52. The van der Waals surface area contributed by atoms with Crippen molar-refractivity contribution >= 4 is 44.7 Å². The summed E-state index contributed by atoms with van der Waals surface area (Å²) in [4.78, 5) is 15.5. The number of nitro groups is 1. The summed E-state index contributed by atoms with van der Waals surface area (Å²) in [6, 6.07) is 4.99. The van der Waals surface area contributed by atoms with Gasteiger partial charge in [-0.1, -0.05) is 23.1 Å². The lowest BCUT2D eigenvalue weighted by Crippen LogP contribution is -1.91. The molecule has 7 nitrogen and oxygen atoms in total. The summed E-state index contributed by atoms with van der Waals surface area (Å²) >= 11 is 2.86. The van der Waals surface area contributed by atoms with Gasteiger partial charge in [0.15, 0.2) is 4.34 Å². The summed E-state index contributed by atoms with van der Waals surface area (Å²) in [7, 11) is 1.78. The Morgan fingerprint density at radius 2 is 2.14 bits per heavy atom. The highest BCUT2D eigenvalue weighted by Gasteiger charge is 2.16. The van der Waals surface area contributed by atoms with Crippen LogP contribution in [0.4, 0.5) is 10.8 Å². The van der Waals surface area contributed by atoms with Gasteiger partial charge in [0.1, 0.15) is 0 Å². The molecule has 2 aromatic heterocycles. The largest absolute Gasteiger partial charge is 0.363 e. The van der Waals surface area contributed by atoms with E-state index in [0.717, 1.165) is 19.8 Å². The van der Waals surface area contributed by atoms with Crippen LogP contribution in [-0.2, 0) is 0 Å². The Kier molecular flexibility index (Phi) is 3.67. The monoisotopic (exact) mass is 319 g/mol. The maximum atomic E-state index is 11.1. The lowest BCUT2D eigenvalue weighted by molar-refractivity contribution is -0.383. The van der Waals surface area contributed by atoms with Crippen LogP contribution in [0.2, 0.25) is 0 Å². The molecule has 0 fully saturated rings. The second-order valence-electron chi connectivity index (χ2n) is 3.99. The number of rotatable bonds is 4. The second-order valence-corrected chi connectivity index (χ2v) is 6.25. The predicted molar refractivity (Wildman–Crippen MR) is 82.0 cm³/mol. The van der Waals surface area contributed by atoms with Crippen LogP contribution < -0.4 is 5.32 Å². The number of nitrogens with zero attached hydrogens (tertiary/aromatic N) is 4. The van der Waals surface area contributed by atoms with Gasteiger partial charge in [-0.3, -0.25) is 15.1 Å². The van der Waals surface area contributed by atoms with Gasteiger partial charge < -0.3 is 5.32 Å². The molecule has 3 aromatic rings. The minimum absolute atomic E-state index is 0.0515. The molecule has 3 rings (SSSR count). The Labute approximate surface area is 127 Å². The number of hydrogen-bond acceptors (Lipinski definition) is 8. The van der Waals surface area contributed by atoms with E-state index in [1.54, 1.807) is 25.4 Å². The van der Waals surface area contributed by atoms with Crippen molar-refractivity contribution in [1.82, 2.24) is 15.2 Å². The molecular weight excluding hydrogens is 310 g/mol. The zero-order valence-electron chi connectivity index (χ0n) is 10.8. The number of nitro benzene ring substituents is 1. The third kappa shape index (κ3) is 2.65. The smallest absolute Gasteiger partial charge is 0.278 e. The summed E-state index contributed by atoms with van der Waals surface area (Å²) in [5.41, 5.74) is 0.0515. The number of aromatic nitrogens is 3. The SMILES string of the molecule is CNc1nnc(Sc2ccc([N+](=O)[O-])c3cnccc23)s1. The van der Waals surface area contributed by atoms with E-state index in [2.05, 4.69) is 20.5 Å². The second kappa shape index (κ2) is 5.62. The highest BCUT2D eigenvalue weighted by atomic mass is 32.2. The molecule has 2 heterocycles. The van der Waals surface area contributed by atoms with Crippen molar-refractivity contribution < 1.29 is 4.92 Å². The molecule has 0 bridgehead atoms. The number of hydrogen-bond donors (Lipinski definition) is 1. The van der Waals surface area contributed by atoms with E-state index in [1.165, 1.54) is 35.4 Å². The Bertz CT molecular complexity index is 820. The number of non-ortho nitro benzene ring substituents is 1. The van der Waals surface area contributed by atoms with Crippen LogP contribution in [0.5, 0.6) is 0 Å². The lowest BCUT2D eigenvalue weighted by Gasteiger charge is -2.04. The van der Waals surface area contributed by atoms with E-state index in [4.69, 9.17) is 0 Å². The van der Waals surface area contributed by atoms with Crippen molar-refractivity contribution in [2.24, 2.45) is 0 Å². The van der Waals surface area contributed by atoms with Gasteiger partial charge >= 0.3 is 0 Å². The Hall–Kier alpha value is -2.26. The Morgan fingerprint density at radius 1 is 1.29 bits per heavy atom. The molecule has 0 aliphatic carbocycles. The molecule has 0 amide bonds. The molecule has 0 saturated heterocycles. The molecular formula is C12H9N5O2S2. The van der Waals surface area contributed by atoms with Crippen molar-refractivity contribution in [3.05, 3.63) is 40.7 Å². The normalized spacial score (nSPS) is 10.7. The predicted octanol–water partition coefficient (Wildman–Crippen LogP) is 3.19. The molecule has 0 saturated carbocycles. The molecule has 0 spiro atoms. The minimum atomic E-state index is -0.400. The van der Waals surface area contributed by atoms with Gasteiger partial charge in [-0.2, -0.15) is 0 Å². The van der Waals surface area contributed by atoms with Gasteiger partial charge in [-0.15, -0.1) is 10.2 Å². The Morgan fingerprint density at radius 3 is 2.86 bits per heavy atom. The first-order valence-electron chi connectivity index (χ1n) is 5.89. The van der Waals surface area contributed by atoms with E-state index in [0.29, 0.717) is 5.39 Å². The molecule has 21 heavy (non-hydrogen) atoms. The molecule has 0 radical (unpaired) electrons. The van der Waals surface area contributed by atoms with Crippen molar-refractivity contribution in [3.8, 4) is 0 Å². The van der Waals surface area contributed by atoms with Crippen LogP contribution >= 0.6 is 23.1 Å². The van der Waals surface area contributed by atoms with E-state index in [9.17, 15) is 10.1 Å². The van der Waals surface area contributed by atoms with Crippen LogP contribution in [-0.4, -0.2) is 27.2 Å². The maximum absolute atomic E-state index is 11.1. The zero-order chi connectivity index (χ0) is 14.8. The van der Waals surface area contributed by atoms with Crippen molar-refractivity contribution in [2.75, 3.05) is 12.4 Å². The standard InChI is InChI=1S/C12H9N5O2S2/c1-13-11-15-16-12(21-11)20-10-3-2-9(17(18)19)8-6-14-5-4-7(8)10/h2-6H,1H3,(H,13,15). The van der Waals surface area contributed by atoms with Gasteiger partial charge in [0.2, 0.25) is 5.13 Å². The van der Waals surface area contributed by atoms with Crippen molar-refractivity contribution in [1.29, 1.82) is 0 Å². The fourth-order valence-corrected chi connectivity index (χ4v) is 3.64. The van der Waals surface area contributed by atoms with Crippen LogP contribution in [0.15, 0.2) is 39.8 Å². The summed E-state index contributed by atoms with van der Waals surface area (Å²) < 4.78 is 0.770. The highest BCUT2D eigenvalue weighted by Crippen LogP contribution is 2.38. The van der Waals surface area contributed by atoms with Gasteiger partial charge in [0, 0.05) is 35.8 Å². The fourth-order valence-electron chi connectivity index (χ4n) is 1.84. The number of pyridine rings is 1. The summed E-state index contributed by atoms with van der Waals surface area (Å²) in [5, 5.41) is 24.1. The molecule has 1 N–H and O–H groups in total. The molecule has 0 aliphatic rings. The number of anilines is 1. The number of fused-ring (bicyclic) bond motifs is 1. The average Bonchev–Trinajstić information content (AvgIpc) is 2.95. The third-order valence-electron chi connectivity index (χ3n) is 2.77. The van der Waals surface area contributed by atoms with Gasteiger partial charge in [0.25, 0.3) is 5.69 Å². The molecule has 0 atom stereocenters. The Balaban J connectivity index is 2.07. The fraction of sp³-hybridized carbons (Fsp3) is 0.0833. The number of nitrogens with one attached hydrogen (secondary N) is 1. The van der Waals surface area contributed by atoms with Crippen molar-refractivity contribution in [3.63, 3.8) is 0 Å². The lowest BCUT2D eigenvalue weighted by atomic mass is 10.1. The van der Waals surface area contributed by atoms with Crippen LogP contribution in [0.25, 0.3) is 10.8 Å². The van der Waals surface area contributed by atoms with E-state index in [1.807, 2.05) is 0 Å². The van der Waals surface area contributed by atoms with E-state index in [-0.39, 0.29) is 5.69 Å².